The third-order valence-corrected chi connectivity index (χ3v) is 2.32. The van der Waals surface area contributed by atoms with Crippen LogP contribution >= 0.6 is 12.4 Å². The molecule has 1 aromatic carbocycles. The molecular formula is C13H20ClNO2. The molecule has 0 aliphatic rings. The fourth-order valence-electron chi connectivity index (χ4n) is 1.40. The third kappa shape index (κ3) is 5.71. The predicted octanol–water partition coefficient (Wildman–Crippen LogP) is 2.69. The molecule has 0 amide bonds. The Labute approximate surface area is 109 Å². The fraction of sp³-hybridized carbons (Fsp3) is 0.462. The molecule has 0 fully saturated rings. The molecule has 1 N–H and O–H groups in total. The number of methoxy groups -OCH3 is 1. The van der Waals surface area contributed by atoms with E-state index in [1.165, 1.54) is 0 Å². The van der Waals surface area contributed by atoms with Crippen LogP contribution in [0, 0.1) is 0 Å². The van der Waals surface area contributed by atoms with E-state index in [1.807, 2.05) is 12.1 Å². The van der Waals surface area contributed by atoms with Crippen LogP contribution in [-0.4, -0.2) is 25.5 Å². The van der Waals surface area contributed by atoms with Crippen molar-refractivity contribution < 1.29 is 9.53 Å². The molecule has 1 aromatic rings. The highest BCUT2D eigenvalue weighted by atomic mass is 35.5. The van der Waals surface area contributed by atoms with Crippen molar-refractivity contribution in [3.05, 3.63) is 29.8 Å². The Kier molecular flexibility index (Phi) is 7.59. The summed E-state index contributed by atoms with van der Waals surface area (Å²) in [5.74, 6) is 0.938. The number of carbonyl (C=O) groups is 1. The minimum atomic E-state index is 0. The summed E-state index contributed by atoms with van der Waals surface area (Å²) in [5, 5.41) is 3.22. The zero-order chi connectivity index (χ0) is 12.0. The van der Waals surface area contributed by atoms with Crippen molar-refractivity contribution in [2.75, 3.05) is 13.7 Å². The highest BCUT2D eigenvalue weighted by Crippen LogP contribution is 2.12. The van der Waals surface area contributed by atoms with Gasteiger partial charge in [-0.2, -0.15) is 0 Å². The maximum Gasteiger partial charge on any atom is 0.164 e. The smallest absolute Gasteiger partial charge is 0.164 e. The summed E-state index contributed by atoms with van der Waals surface area (Å²) < 4.78 is 5.04. The predicted molar refractivity (Wildman–Crippen MR) is 72.3 cm³/mol. The number of rotatable bonds is 6. The molecule has 0 atom stereocenters. The van der Waals surface area contributed by atoms with Crippen molar-refractivity contribution >= 4 is 18.2 Å². The number of hydrogen-bond donors (Lipinski definition) is 1. The van der Waals surface area contributed by atoms with E-state index < -0.39 is 0 Å². The maximum atomic E-state index is 11.7. The lowest BCUT2D eigenvalue weighted by atomic mass is 10.1. The molecular weight excluding hydrogens is 238 g/mol. The molecule has 0 saturated carbocycles. The van der Waals surface area contributed by atoms with Crippen LogP contribution in [0.5, 0.6) is 5.75 Å². The minimum Gasteiger partial charge on any atom is -0.497 e. The molecule has 0 aliphatic carbocycles. The van der Waals surface area contributed by atoms with E-state index in [0.29, 0.717) is 12.5 Å². The van der Waals surface area contributed by atoms with Gasteiger partial charge in [0.2, 0.25) is 0 Å². The Bertz CT molecular complexity index is 336. The number of Topliss-reactive ketones (excluding diaryl/α,β-unsaturated/α-hetero) is 1. The molecule has 0 unspecified atom stereocenters. The fourth-order valence-corrected chi connectivity index (χ4v) is 1.40. The number of ether oxygens (including phenoxy) is 1. The van der Waals surface area contributed by atoms with Crippen molar-refractivity contribution in [1.29, 1.82) is 0 Å². The van der Waals surface area contributed by atoms with E-state index in [2.05, 4.69) is 19.2 Å². The molecule has 0 aromatic heterocycles. The van der Waals surface area contributed by atoms with Crippen molar-refractivity contribution in [1.82, 2.24) is 5.32 Å². The maximum absolute atomic E-state index is 11.7. The Morgan fingerprint density at radius 3 is 2.35 bits per heavy atom. The first-order chi connectivity index (χ1) is 7.63. The first kappa shape index (κ1) is 15.9. The zero-order valence-electron chi connectivity index (χ0n) is 10.5. The van der Waals surface area contributed by atoms with Gasteiger partial charge in [0.15, 0.2) is 5.78 Å². The molecule has 17 heavy (non-hydrogen) atoms. The Hall–Kier alpha value is -1.06. The zero-order valence-corrected chi connectivity index (χ0v) is 11.3. The van der Waals surface area contributed by atoms with E-state index >= 15 is 0 Å². The SMILES string of the molecule is COc1ccc(C(=O)CCNC(C)C)cc1.Cl. The number of halogens is 1. The largest absolute Gasteiger partial charge is 0.497 e. The second-order valence-electron chi connectivity index (χ2n) is 4.01. The molecule has 0 saturated heterocycles. The van der Waals surface area contributed by atoms with Crippen LogP contribution < -0.4 is 10.1 Å². The first-order valence-corrected chi connectivity index (χ1v) is 5.54. The van der Waals surface area contributed by atoms with Crippen LogP contribution in [-0.2, 0) is 0 Å². The highest BCUT2D eigenvalue weighted by Gasteiger charge is 2.05. The van der Waals surface area contributed by atoms with Crippen LogP contribution in [0.25, 0.3) is 0 Å². The van der Waals surface area contributed by atoms with E-state index in [4.69, 9.17) is 4.74 Å². The molecule has 4 heteroatoms. The quantitative estimate of drug-likeness (QED) is 0.797. The van der Waals surface area contributed by atoms with Gasteiger partial charge in [0.05, 0.1) is 7.11 Å². The van der Waals surface area contributed by atoms with Gasteiger partial charge < -0.3 is 10.1 Å². The molecule has 0 spiro atoms. The number of carbonyl (C=O) groups excluding carboxylic acids is 1. The summed E-state index contributed by atoms with van der Waals surface area (Å²) in [4.78, 5) is 11.7. The molecule has 3 nitrogen and oxygen atoms in total. The summed E-state index contributed by atoms with van der Waals surface area (Å²) in [7, 11) is 1.61. The Morgan fingerprint density at radius 2 is 1.88 bits per heavy atom. The number of benzene rings is 1. The Balaban J connectivity index is 0.00000256. The topological polar surface area (TPSA) is 38.3 Å². The summed E-state index contributed by atoms with van der Waals surface area (Å²) in [6.07, 6.45) is 0.532. The van der Waals surface area contributed by atoms with Crippen LogP contribution in [0.4, 0.5) is 0 Å². The van der Waals surface area contributed by atoms with Gasteiger partial charge in [-0.05, 0) is 24.3 Å². The second kappa shape index (κ2) is 8.09. The number of hydrogen-bond acceptors (Lipinski definition) is 3. The van der Waals surface area contributed by atoms with Crippen molar-refractivity contribution in [3.63, 3.8) is 0 Å². The van der Waals surface area contributed by atoms with Crippen molar-refractivity contribution in [2.24, 2.45) is 0 Å². The van der Waals surface area contributed by atoms with Crippen LogP contribution in [0.3, 0.4) is 0 Å². The van der Waals surface area contributed by atoms with Crippen LogP contribution in [0.2, 0.25) is 0 Å². The van der Waals surface area contributed by atoms with Gasteiger partial charge in [-0.15, -0.1) is 12.4 Å². The summed E-state index contributed by atoms with van der Waals surface area (Å²) in [6, 6.07) is 7.64. The van der Waals surface area contributed by atoms with Gasteiger partial charge in [0.1, 0.15) is 5.75 Å². The van der Waals surface area contributed by atoms with Gasteiger partial charge >= 0.3 is 0 Å². The van der Waals surface area contributed by atoms with E-state index in [0.717, 1.165) is 17.9 Å². The highest BCUT2D eigenvalue weighted by molar-refractivity contribution is 5.96. The summed E-state index contributed by atoms with van der Waals surface area (Å²) in [6.45, 7) is 4.86. The molecule has 0 bridgehead atoms. The van der Waals surface area contributed by atoms with Gasteiger partial charge in [0, 0.05) is 24.6 Å². The number of nitrogens with one attached hydrogen (secondary N) is 1. The van der Waals surface area contributed by atoms with Crippen molar-refractivity contribution in [3.8, 4) is 5.75 Å². The Morgan fingerprint density at radius 1 is 1.29 bits per heavy atom. The van der Waals surface area contributed by atoms with Gasteiger partial charge in [-0.3, -0.25) is 4.79 Å². The summed E-state index contributed by atoms with van der Waals surface area (Å²) >= 11 is 0. The molecule has 0 aliphatic heterocycles. The average molecular weight is 258 g/mol. The van der Waals surface area contributed by atoms with E-state index in [9.17, 15) is 4.79 Å². The van der Waals surface area contributed by atoms with E-state index in [-0.39, 0.29) is 18.2 Å². The first-order valence-electron chi connectivity index (χ1n) is 5.54. The van der Waals surface area contributed by atoms with Crippen molar-refractivity contribution in [2.45, 2.75) is 26.3 Å². The third-order valence-electron chi connectivity index (χ3n) is 2.32. The van der Waals surface area contributed by atoms with E-state index in [1.54, 1.807) is 19.2 Å². The minimum absolute atomic E-state index is 0. The lowest BCUT2D eigenvalue weighted by Gasteiger charge is -2.07. The van der Waals surface area contributed by atoms with Crippen LogP contribution in [0.1, 0.15) is 30.6 Å². The summed E-state index contributed by atoms with van der Waals surface area (Å²) in [5.41, 5.74) is 0.742. The number of ketones is 1. The average Bonchev–Trinajstić information content (AvgIpc) is 2.28. The van der Waals surface area contributed by atoms with Gasteiger partial charge in [-0.25, -0.2) is 0 Å². The van der Waals surface area contributed by atoms with Gasteiger partial charge in [0.25, 0.3) is 0 Å². The lowest BCUT2D eigenvalue weighted by molar-refractivity contribution is 0.0982. The molecule has 0 heterocycles. The van der Waals surface area contributed by atoms with Gasteiger partial charge in [-0.1, -0.05) is 13.8 Å². The molecule has 0 radical (unpaired) electrons. The monoisotopic (exact) mass is 257 g/mol. The molecule has 1 rings (SSSR count). The normalized spacial score (nSPS) is 9.88. The molecule has 96 valence electrons. The van der Waals surface area contributed by atoms with Crippen LogP contribution in [0.15, 0.2) is 24.3 Å². The standard InChI is InChI=1S/C13H19NO2.ClH/c1-10(2)14-9-8-13(15)11-4-6-12(16-3)7-5-11;/h4-7,10,14H,8-9H2,1-3H3;1H. The second-order valence-corrected chi connectivity index (χ2v) is 4.01. The lowest BCUT2D eigenvalue weighted by Crippen LogP contribution is -2.25.